The van der Waals surface area contributed by atoms with Crippen LogP contribution in [-0.4, -0.2) is 41.7 Å². The molecule has 8 heteroatoms. The van der Waals surface area contributed by atoms with Gasteiger partial charge in [0.05, 0.1) is 17.2 Å². The van der Waals surface area contributed by atoms with Gasteiger partial charge in [0.15, 0.2) is 0 Å². The number of aliphatic carboxylic acids is 1. The molecule has 2 aromatic carbocycles. The zero-order chi connectivity index (χ0) is 23.8. The molecule has 1 heterocycles. The van der Waals surface area contributed by atoms with Gasteiger partial charge < -0.3 is 20.5 Å². The van der Waals surface area contributed by atoms with Crippen molar-refractivity contribution in [3.05, 3.63) is 88.1 Å². The molecule has 3 aromatic rings. The van der Waals surface area contributed by atoms with E-state index >= 15 is 0 Å². The summed E-state index contributed by atoms with van der Waals surface area (Å²) in [4.78, 5) is 28.7. The van der Waals surface area contributed by atoms with Crippen molar-refractivity contribution in [2.45, 2.75) is 25.8 Å². The fourth-order valence-corrected chi connectivity index (χ4v) is 3.44. The second kappa shape index (κ2) is 11.3. The molecular formula is C25H26ClN3O4. The molecule has 0 radical (unpaired) electrons. The maximum absolute atomic E-state index is 12.6. The number of nitrogens with one attached hydrogen (secondary N) is 2. The van der Waals surface area contributed by atoms with Crippen LogP contribution in [0.5, 0.6) is 5.75 Å². The summed E-state index contributed by atoms with van der Waals surface area (Å²) in [6.45, 7) is 2.30. The number of ether oxygens (including phenoxy) is 1. The maximum atomic E-state index is 12.6. The first-order chi connectivity index (χ1) is 15.9. The molecule has 1 amide bonds. The minimum atomic E-state index is -1.12. The molecule has 0 aliphatic heterocycles. The number of anilines is 1. The number of rotatable bonds is 10. The summed E-state index contributed by atoms with van der Waals surface area (Å²) < 4.78 is 5.78. The number of aromatic nitrogens is 1. The number of benzene rings is 2. The topological polar surface area (TPSA) is 101 Å². The number of nitrogens with zero attached hydrogens (tertiary/aromatic N) is 1. The van der Waals surface area contributed by atoms with E-state index in [-0.39, 0.29) is 17.0 Å². The standard InChI is InChI=1S/C25H26ClN3O4/c1-16-6-11-21(26)20(14-16)24(30)29-22(25(31)32)15-17-7-9-19(10-8-17)33-13-12-18-4-3-5-23(27-2)28-18/h3-11,14,22H,12-13,15H2,1-2H3,(H,27,28)(H,29,30)(H,31,32)/t22-/m0/s1. The van der Waals surface area contributed by atoms with Crippen molar-refractivity contribution in [1.29, 1.82) is 0 Å². The van der Waals surface area contributed by atoms with Crippen LogP contribution in [-0.2, 0) is 17.6 Å². The Morgan fingerprint density at radius 3 is 2.58 bits per heavy atom. The van der Waals surface area contributed by atoms with Crippen molar-refractivity contribution in [1.82, 2.24) is 10.3 Å². The molecule has 172 valence electrons. The largest absolute Gasteiger partial charge is 0.493 e. The number of hydrogen-bond donors (Lipinski definition) is 3. The van der Waals surface area contributed by atoms with Gasteiger partial charge >= 0.3 is 5.97 Å². The molecule has 0 aliphatic rings. The third-order valence-electron chi connectivity index (χ3n) is 5.02. The highest BCUT2D eigenvalue weighted by Gasteiger charge is 2.22. The Labute approximate surface area is 197 Å². The third kappa shape index (κ3) is 6.95. The van der Waals surface area contributed by atoms with E-state index in [2.05, 4.69) is 15.6 Å². The lowest BCUT2D eigenvalue weighted by Gasteiger charge is -2.16. The fourth-order valence-electron chi connectivity index (χ4n) is 3.24. The van der Waals surface area contributed by atoms with E-state index < -0.39 is 17.9 Å². The quantitative estimate of drug-likeness (QED) is 0.414. The Morgan fingerprint density at radius 1 is 1.12 bits per heavy atom. The number of pyridine rings is 1. The van der Waals surface area contributed by atoms with Gasteiger partial charge in [0.2, 0.25) is 0 Å². The highest BCUT2D eigenvalue weighted by atomic mass is 35.5. The number of carboxylic acids is 1. The van der Waals surface area contributed by atoms with Gasteiger partial charge in [-0.3, -0.25) is 4.79 Å². The number of carboxylic acid groups (broad SMARTS) is 1. The first kappa shape index (κ1) is 24.1. The van der Waals surface area contributed by atoms with E-state index in [0.717, 1.165) is 22.6 Å². The molecule has 0 bridgehead atoms. The predicted octanol–water partition coefficient (Wildman–Crippen LogP) is 4.13. The molecule has 0 saturated heterocycles. The van der Waals surface area contributed by atoms with E-state index in [4.69, 9.17) is 16.3 Å². The Kier molecular flexibility index (Phi) is 8.27. The van der Waals surface area contributed by atoms with Crippen LogP contribution in [0.3, 0.4) is 0 Å². The summed E-state index contributed by atoms with van der Waals surface area (Å²) in [5.41, 5.74) is 2.79. The van der Waals surface area contributed by atoms with Gasteiger partial charge in [0, 0.05) is 25.6 Å². The normalized spacial score (nSPS) is 11.5. The van der Waals surface area contributed by atoms with Gasteiger partial charge in [-0.2, -0.15) is 0 Å². The number of amides is 1. The zero-order valence-electron chi connectivity index (χ0n) is 18.5. The van der Waals surface area contributed by atoms with Gasteiger partial charge in [-0.05, 0) is 48.9 Å². The molecule has 0 spiro atoms. The highest BCUT2D eigenvalue weighted by molar-refractivity contribution is 6.33. The van der Waals surface area contributed by atoms with Gasteiger partial charge in [0.25, 0.3) is 5.91 Å². The molecule has 3 rings (SSSR count). The molecule has 33 heavy (non-hydrogen) atoms. The Balaban J connectivity index is 1.56. The van der Waals surface area contributed by atoms with Crippen LogP contribution in [0.25, 0.3) is 0 Å². The molecule has 1 atom stereocenters. The average Bonchev–Trinajstić information content (AvgIpc) is 2.81. The lowest BCUT2D eigenvalue weighted by Crippen LogP contribution is -2.42. The molecule has 0 unspecified atom stereocenters. The predicted molar refractivity (Wildman–Crippen MR) is 128 cm³/mol. The van der Waals surface area contributed by atoms with Crippen LogP contribution in [0.2, 0.25) is 5.02 Å². The first-order valence-electron chi connectivity index (χ1n) is 10.5. The summed E-state index contributed by atoms with van der Waals surface area (Å²) in [5.74, 6) is -0.164. The van der Waals surface area contributed by atoms with Crippen molar-refractivity contribution in [2.75, 3.05) is 19.0 Å². The first-order valence-corrected chi connectivity index (χ1v) is 10.9. The minimum Gasteiger partial charge on any atom is -0.493 e. The zero-order valence-corrected chi connectivity index (χ0v) is 19.2. The van der Waals surface area contributed by atoms with Gasteiger partial charge in [-0.25, -0.2) is 9.78 Å². The summed E-state index contributed by atoms with van der Waals surface area (Å²) in [7, 11) is 1.82. The van der Waals surface area contributed by atoms with Crippen LogP contribution in [0, 0.1) is 6.92 Å². The molecule has 3 N–H and O–H groups in total. The SMILES string of the molecule is CNc1cccc(CCOc2ccc(C[C@H](NC(=O)c3cc(C)ccc3Cl)C(=O)O)cc2)n1. The molecular weight excluding hydrogens is 442 g/mol. The number of hydrogen-bond acceptors (Lipinski definition) is 5. The Hall–Kier alpha value is -3.58. The van der Waals surface area contributed by atoms with Gasteiger partial charge in [-0.15, -0.1) is 0 Å². The summed E-state index contributed by atoms with van der Waals surface area (Å²) in [5, 5.41) is 15.4. The van der Waals surface area contributed by atoms with Crippen molar-refractivity contribution in [2.24, 2.45) is 0 Å². The van der Waals surface area contributed by atoms with Crippen LogP contribution in [0.15, 0.2) is 60.7 Å². The smallest absolute Gasteiger partial charge is 0.326 e. The van der Waals surface area contributed by atoms with E-state index in [1.54, 1.807) is 42.5 Å². The van der Waals surface area contributed by atoms with Crippen molar-refractivity contribution in [3.63, 3.8) is 0 Å². The lowest BCUT2D eigenvalue weighted by atomic mass is 10.0. The number of carbonyl (C=O) groups excluding carboxylic acids is 1. The van der Waals surface area contributed by atoms with Gasteiger partial charge in [-0.1, -0.05) is 41.4 Å². The minimum absolute atomic E-state index is 0.130. The summed E-state index contributed by atoms with van der Waals surface area (Å²) >= 11 is 6.10. The second-order valence-corrected chi connectivity index (χ2v) is 7.97. The molecule has 0 saturated carbocycles. The second-order valence-electron chi connectivity index (χ2n) is 7.56. The van der Waals surface area contributed by atoms with E-state index in [1.807, 2.05) is 32.2 Å². The molecule has 7 nitrogen and oxygen atoms in total. The van der Waals surface area contributed by atoms with E-state index in [9.17, 15) is 14.7 Å². The molecule has 1 aromatic heterocycles. The number of aryl methyl sites for hydroxylation is 1. The van der Waals surface area contributed by atoms with E-state index in [1.165, 1.54) is 0 Å². The number of carbonyl (C=O) groups is 2. The summed E-state index contributed by atoms with van der Waals surface area (Å²) in [6, 6.07) is 16.9. The van der Waals surface area contributed by atoms with E-state index in [0.29, 0.717) is 18.8 Å². The highest BCUT2D eigenvalue weighted by Crippen LogP contribution is 2.18. The van der Waals surface area contributed by atoms with Crippen molar-refractivity contribution in [3.8, 4) is 5.75 Å². The molecule has 0 fully saturated rings. The van der Waals surface area contributed by atoms with Crippen molar-refractivity contribution < 1.29 is 19.4 Å². The van der Waals surface area contributed by atoms with Gasteiger partial charge in [0.1, 0.15) is 17.6 Å². The fraction of sp³-hybridized carbons (Fsp3) is 0.240. The van der Waals surface area contributed by atoms with Crippen molar-refractivity contribution >= 4 is 29.3 Å². The number of halogens is 1. The van der Waals surface area contributed by atoms with Crippen LogP contribution < -0.4 is 15.4 Å². The van der Waals surface area contributed by atoms with Crippen LogP contribution >= 0.6 is 11.6 Å². The Bertz CT molecular complexity index is 1120. The lowest BCUT2D eigenvalue weighted by molar-refractivity contribution is -0.139. The van der Waals surface area contributed by atoms with Crippen LogP contribution in [0.1, 0.15) is 27.2 Å². The summed E-state index contributed by atoms with van der Waals surface area (Å²) in [6.07, 6.45) is 0.789. The maximum Gasteiger partial charge on any atom is 0.326 e. The average molecular weight is 468 g/mol. The monoisotopic (exact) mass is 467 g/mol. The third-order valence-corrected chi connectivity index (χ3v) is 5.35. The Morgan fingerprint density at radius 2 is 1.88 bits per heavy atom. The molecule has 0 aliphatic carbocycles. The van der Waals surface area contributed by atoms with Crippen LogP contribution in [0.4, 0.5) is 5.82 Å².